The molecule has 0 aliphatic heterocycles. The summed E-state index contributed by atoms with van der Waals surface area (Å²) in [4.78, 5) is 25.2. The van der Waals surface area contributed by atoms with Crippen LogP contribution < -0.4 is 11.3 Å². The first-order chi connectivity index (χ1) is 12.1. The van der Waals surface area contributed by atoms with Gasteiger partial charge in [-0.15, -0.1) is 0 Å². The molecule has 0 saturated heterocycles. The summed E-state index contributed by atoms with van der Waals surface area (Å²) in [6.07, 6.45) is 0.908. The van der Waals surface area contributed by atoms with E-state index >= 15 is 0 Å². The molecule has 0 radical (unpaired) electrons. The predicted molar refractivity (Wildman–Crippen MR) is 101 cm³/mol. The lowest BCUT2D eigenvalue weighted by Crippen LogP contribution is -2.28. The van der Waals surface area contributed by atoms with Gasteiger partial charge in [0, 0.05) is 18.5 Å². The van der Waals surface area contributed by atoms with Crippen LogP contribution in [0.2, 0.25) is 0 Å². The summed E-state index contributed by atoms with van der Waals surface area (Å²) >= 11 is 1.60. The molecule has 2 heterocycles. The number of hydrogen-bond donors (Lipinski definition) is 1. The number of aryl methyl sites for hydroxylation is 2. The van der Waals surface area contributed by atoms with Gasteiger partial charge in [0.2, 0.25) is 0 Å². The SMILES string of the molecule is CCn1nc(-c2ccccc2)c(C(=O)CCc2ccsc2)c(N)c1=O. The fourth-order valence-corrected chi connectivity index (χ4v) is 3.41. The molecule has 0 fully saturated rings. The van der Waals surface area contributed by atoms with Gasteiger partial charge in [0.25, 0.3) is 5.56 Å². The van der Waals surface area contributed by atoms with Crippen molar-refractivity contribution in [3.05, 3.63) is 68.6 Å². The van der Waals surface area contributed by atoms with Crippen LogP contribution in [0.1, 0.15) is 29.3 Å². The Balaban J connectivity index is 2.05. The zero-order chi connectivity index (χ0) is 17.8. The minimum atomic E-state index is -0.416. The number of thiophene rings is 1. The number of nitrogens with zero attached hydrogens (tertiary/aromatic N) is 2. The van der Waals surface area contributed by atoms with E-state index in [1.54, 1.807) is 11.3 Å². The van der Waals surface area contributed by atoms with Crippen molar-refractivity contribution in [3.63, 3.8) is 0 Å². The molecule has 3 aromatic rings. The van der Waals surface area contributed by atoms with Gasteiger partial charge in [-0.05, 0) is 35.7 Å². The van der Waals surface area contributed by atoms with Gasteiger partial charge in [-0.2, -0.15) is 16.4 Å². The van der Waals surface area contributed by atoms with Gasteiger partial charge in [-0.25, -0.2) is 4.68 Å². The maximum absolute atomic E-state index is 12.8. The number of rotatable bonds is 6. The Bertz CT molecular complexity index is 931. The second kappa shape index (κ2) is 7.44. The number of nitrogen functional groups attached to an aromatic ring is 1. The Hall–Kier alpha value is -2.73. The number of benzene rings is 1. The standard InChI is InChI=1S/C19H19N3O2S/c1-2-22-19(24)17(20)16(15(23)9-8-13-10-11-25-12-13)18(21-22)14-6-4-3-5-7-14/h3-7,10-12H,2,8-9,20H2,1H3. The van der Waals surface area contributed by atoms with Crippen LogP contribution in [0.25, 0.3) is 11.3 Å². The maximum Gasteiger partial charge on any atom is 0.290 e. The summed E-state index contributed by atoms with van der Waals surface area (Å²) in [5.74, 6) is -0.157. The molecule has 2 N–H and O–H groups in total. The second-order valence-electron chi connectivity index (χ2n) is 5.68. The third kappa shape index (κ3) is 3.53. The molecule has 25 heavy (non-hydrogen) atoms. The Morgan fingerprint density at radius 3 is 2.64 bits per heavy atom. The maximum atomic E-state index is 12.8. The Morgan fingerprint density at radius 1 is 1.24 bits per heavy atom. The van der Waals surface area contributed by atoms with Crippen LogP contribution in [-0.4, -0.2) is 15.6 Å². The molecule has 0 aliphatic carbocycles. The van der Waals surface area contributed by atoms with Gasteiger partial charge in [-0.3, -0.25) is 9.59 Å². The lowest BCUT2D eigenvalue weighted by Gasteiger charge is -2.13. The molecular weight excluding hydrogens is 334 g/mol. The molecule has 0 spiro atoms. The van der Waals surface area contributed by atoms with E-state index in [2.05, 4.69) is 5.10 Å². The molecule has 2 aromatic heterocycles. The number of anilines is 1. The molecule has 0 amide bonds. The van der Waals surface area contributed by atoms with E-state index < -0.39 is 5.56 Å². The Kier molecular flexibility index (Phi) is 5.09. The van der Waals surface area contributed by atoms with Crippen LogP contribution in [0.15, 0.2) is 52.0 Å². The first-order valence-corrected chi connectivity index (χ1v) is 9.06. The molecule has 0 unspecified atom stereocenters. The second-order valence-corrected chi connectivity index (χ2v) is 6.46. The van der Waals surface area contributed by atoms with E-state index in [0.717, 1.165) is 11.1 Å². The summed E-state index contributed by atoms with van der Waals surface area (Å²) in [7, 11) is 0. The molecule has 0 aliphatic rings. The van der Waals surface area contributed by atoms with Gasteiger partial charge in [0.15, 0.2) is 5.78 Å². The molecule has 128 valence electrons. The molecule has 0 bridgehead atoms. The third-order valence-electron chi connectivity index (χ3n) is 4.04. The quantitative estimate of drug-likeness (QED) is 0.689. The van der Waals surface area contributed by atoms with Gasteiger partial charge in [-0.1, -0.05) is 30.3 Å². The van der Waals surface area contributed by atoms with Crippen LogP contribution in [0.4, 0.5) is 5.69 Å². The zero-order valence-electron chi connectivity index (χ0n) is 13.9. The molecule has 3 rings (SSSR count). The van der Waals surface area contributed by atoms with Crippen molar-refractivity contribution in [1.82, 2.24) is 9.78 Å². The van der Waals surface area contributed by atoms with Crippen LogP contribution in [0.5, 0.6) is 0 Å². The van der Waals surface area contributed by atoms with E-state index in [0.29, 0.717) is 18.7 Å². The van der Waals surface area contributed by atoms with Crippen LogP contribution in [0.3, 0.4) is 0 Å². The van der Waals surface area contributed by atoms with E-state index in [4.69, 9.17) is 5.73 Å². The van der Waals surface area contributed by atoms with Crippen molar-refractivity contribution >= 4 is 22.8 Å². The number of aromatic nitrogens is 2. The highest BCUT2D eigenvalue weighted by Crippen LogP contribution is 2.25. The minimum Gasteiger partial charge on any atom is -0.394 e. The number of carbonyl (C=O) groups excluding carboxylic acids is 1. The summed E-state index contributed by atoms with van der Waals surface area (Å²) in [5, 5.41) is 8.39. The number of ketones is 1. The summed E-state index contributed by atoms with van der Waals surface area (Å²) in [5.41, 5.74) is 8.20. The van der Waals surface area contributed by atoms with Crippen molar-refractivity contribution in [2.45, 2.75) is 26.3 Å². The predicted octanol–water partition coefficient (Wildman–Crippen LogP) is 3.39. The van der Waals surface area contributed by atoms with Crippen LogP contribution in [-0.2, 0) is 13.0 Å². The first kappa shape index (κ1) is 17.1. The fraction of sp³-hybridized carbons (Fsp3) is 0.211. The van der Waals surface area contributed by atoms with Gasteiger partial charge < -0.3 is 5.73 Å². The number of nitrogens with two attached hydrogens (primary N) is 1. The highest BCUT2D eigenvalue weighted by Gasteiger charge is 2.22. The molecule has 1 aromatic carbocycles. The Labute approximate surface area is 149 Å². The monoisotopic (exact) mass is 353 g/mol. The number of hydrogen-bond acceptors (Lipinski definition) is 5. The van der Waals surface area contributed by atoms with E-state index in [1.807, 2.05) is 54.1 Å². The van der Waals surface area contributed by atoms with E-state index in [1.165, 1.54) is 4.68 Å². The van der Waals surface area contributed by atoms with Crippen LogP contribution in [0, 0.1) is 0 Å². The lowest BCUT2D eigenvalue weighted by molar-refractivity contribution is 0.0983. The minimum absolute atomic E-state index is 0.0222. The van der Waals surface area contributed by atoms with Gasteiger partial charge in [0.1, 0.15) is 11.4 Å². The van der Waals surface area contributed by atoms with Crippen molar-refractivity contribution < 1.29 is 4.79 Å². The van der Waals surface area contributed by atoms with E-state index in [9.17, 15) is 9.59 Å². The van der Waals surface area contributed by atoms with Crippen molar-refractivity contribution in [3.8, 4) is 11.3 Å². The molecule has 5 nitrogen and oxygen atoms in total. The van der Waals surface area contributed by atoms with Gasteiger partial charge >= 0.3 is 0 Å². The van der Waals surface area contributed by atoms with Crippen LogP contribution >= 0.6 is 11.3 Å². The average Bonchev–Trinajstić information content (AvgIpc) is 3.16. The smallest absolute Gasteiger partial charge is 0.290 e. The van der Waals surface area contributed by atoms with Crippen molar-refractivity contribution in [2.24, 2.45) is 0 Å². The first-order valence-electron chi connectivity index (χ1n) is 8.12. The summed E-state index contributed by atoms with van der Waals surface area (Å²) in [6, 6.07) is 11.3. The molecule has 0 atom stereocenters. The highest BCUT2D eigenvalue weighted by atomic mass is 32.1. The largest absolute Gasteiger partial charge is 0.394 e. The number of carbonyl (C=O) groups is 1. The normalized spacial score (nSPS) is 10.8. The lowest BCUT2D eigenvalue weighted by atomic mass is 9.98. The molecular formula is C19H19N3O2S. The van der Waals surface area contributed by atoms with E-state index in [-0.39, 0.29) is 23.5 Å². The zero-order valence-corrected chi connectivity index (χ0v) is 14.8. The Morgan fingerprint density at radius 2 is 2.00 bits per heavy atom. The van der Waals surface area contributed by atoms with Gasteiger partial charge in [0.05, 0.1) is 5.56 Å². The molecule has 0 saturated carbocycles. The fourth-order valence-electron chi connectivity index (χ4n) is 2.70. The molecule has 6 heteroatoms. The average molecular weight is 353 g/mol. The third-order valence-corrected chi connectivity index (χ3v) is 4.77. The summed E-state index contributed by atoms with van der Waals surface area (Å²) < 4.78 is 1.30. The van der Waals surface area contributed by atoms with Crippen molar-refractivity contribution in [2.75, 3.05) is 5.73 Å². The highest BCUT2D eigenvalue weighted by molar-refractivity contribution is 7.07. The number of Topliss-reactive ketones (excluding diaryl/α,β-unsaturated/α-hetero) is 1. The summed E-state index contributed by atoms with van der Waals surface area (Å²) in [6.45, 7) is 2.22. The van der Waals surface area contributed by atoms with Crippen molar-refractivity contribution in [1.29, 1.82) is 0 Å². The topological polar surface area (TPSA) is 78.0 Å².